The summed E-state index contributed by atoms with van der Waals surface area (Å²) in [5, 5.41) is 14.1. The second-order valence-electron chi connectivity index (χ2n) is 8.93. The van der Waals surface area contributed by atoms with Crippen LogP contribution in [-0.2, 0) is 18.2 Å². The summed E-state index contributed by atoms with van der Waals surface area (Å²) in [5.41, 5.74) is -1.50. The van der Waals surface area contributed by atoms with Gasteiger partial charge in [0.1, 0.15) is 23.9 Å². The lowest BCUT2D eigenvalue weighted by atomic mass is 9.86. The number of hydrogen-bond donors (Lipinski definition) is 1. The van der Waals surface area contributed by atoms with Gasteiger partial charge in [0.05, 0.1) is 15.5 Å². The van der Waals surface area contributed by atoms with E-state index in [-0.39, 0.29) is 38.7 Å². The maximum atomic E-state index is 13.3. The van der Waals surface area contributed by atoms with Crippen molar-refractivity contribution < 1.29 is 32.0 Å². The van der Waals surface area contributed by atoms with Crippen LogP contribution in [0, 0.1) is 15.9 Å². The SMILES string of the molecule is CC(C)(C)c1ccc(NC(=O)c2ccc(Cl)c(OCc3ccc(F)cc3C(F)(F)F)c2)c([N+](=O)[O-])c1. The quantitative estimate of drug-likeness (QED) is 0.205. The van der Waals surface area contributed by atoms with Crippen molar-refractivity contribution in [1.82, 2.24) is 0 Å². The highest BCUT2D eigenvalue weighted by molar-refractivity contribution is 6.32. The summed E-state index contributed by atoms with van der Waals surface area (Å²) < 4.78 is 58.5. The van der Waals surface area contributed by atoms with Crippen molar-refractivity contribution in [3.63, 3.8) is 0 Å². The van der Waals surface area contributed by atoms with Gasteiger partial charge in [0.2, 0.25) is 0 Å². The van der Waals surface area contributed by atoms with Gasteiger partial charge in [-0.25, -0.2) is 4.39 Å². The molecule has 0 saturated carbocycles. The third kappa shape index (κ3) is 6.31. The first-order valence-corrected chi connectivity index (χ1v) is 10.9. The van der Waals surface area contributed by atoms with Gasteiger partial charge in [-0.3, -0.25) is 14.9 Å². The number of nitrogens with zero attached hydrogens (tertiary/aromatic N) is 1. The molecule has 0 aliphatic carbocycles. The van der Waals surface area contributed by atoms with Crippen LogP contribution in [0.2, 0.25) is 5.02 Å². The minimum atomic E-state index is -4.80. The number of amides is 1. The maximum absolute atomic E-state index is 13.3. The monoisotopic (exact) mass is 524 g/mol. The van der Waals surface area contributed by atoms with Crippen molar-refractivity contribution in [1.29, 1.82) is 0 Å². The molecule has 0 heterocycles. The first-order chi connectivity index (χ1) is 16.7. The van der Waals surface area contributed by atoms with Crippen LogP contribution in [0.25, 0.3) is 0 Å². The largest absolute Gasteiger partial charge is 0.487 e. The predicted octanol–water partition coefficient (Wildman–Crippen LogP) is 7.53. The van der Waals surface area contributed by atoms with Gasteiger partial charge in [0.25, 0.3) is 11.6 Å². The van der Waals surface area contributed by atoms with Crippen LogP contribution in [0.4, 0.5) is 28.9 Å². The zero-order valence-electron chi connectivity index (χ0n) is 19.4. The highest BCUT2D eigenvalue weighted by atomic mass is 35.5. The molecule has 3 aromatic carbocycles. The van der Waals surface area contributed by atoms with Crippen molar-refractivity contribution in [2.24, 2.45) is 0 Å². The van der Waals surface area contributed by atoms with E-state index in [0.29, 0.717) is 11.6 Å². The number of rotatable bonds is 6. The Labute approximate surface area is 209 Å². The molecule has 11 heteroatoms. The van der Waals surface area contributed by atoms with Crippen LogP contribution in [0.3, 0.4) is 0 Å². The zero-order chi connectivity index (χ0) is 26.8. The minimum Gasteiger partial charge on any atom is -0.487 e. The number of nitrogens with one attached hydrogen (secondary N) is 1. The van der Waals surface area contributed by atoms with E-state index in [9.17, 15) is 32.5 Å². The number of benzene rings is 3. The number of anilines is 1. The maximum Gasteiger partial charge on any atom is 0.416 e. The van der Waals surface area contributed by atoms with Crippen LogP contribution in [0.5, 0.6) is 5.75 Å². The van der Waals surface area contributed by atoms with E-state index in [1.54, 1.807) is 6.07 Å². The van der Waals surface area contributed by atoms with Crippen molar-refractivity contribution in [2.75, 3.05) is 5.32 Å². The van der Waals surface area contributed by atoms with E-state index >= 15 is 0 Å². The van der Waals surface area contributed by atoms with E-state index in [0.717, 1.165) is 12.1 Å². The molecule has 1 amide bonds. The lowest BCUT2D eigenvalue weighted by Crippen LogP contribution is -2.15. The summed E-state index contributed by atoms with van der Waals surface area (Å²) in [4.78, 5) is 23.8. The molecule has 3 rings (SSSR count). The number of halogens is 5. The number of ether oxygens (including phenoxy) is 1. The van der Waals surface area contributed by atoms with Gasteiger partial charge in [-0.05, 0) is 47.4 Å². The van der Waals surface area contributed by atoms with E-state index in [1.165, 1.54) is 30.3 Å². The molecule has 0 radical (unpaired) electrons. The molecular weight excluding hydrogens is 504 g/mol. The van der Waals surface area contributed by atoms with Gasteiger partial charge >= 0.3 is 6.18 Å². The van der Waals surface area contributed by atoms with Gasteiger partial charge in [-0.1, -0.05) is 44.5 Å². The molecule has 3 aromatic rings. The number of nitro groups is 1. The molecule has 0 spiro atoms. The van der Waals surface area contributed by atoms with Crippen molar-refractivity contribution >= 4 is 28.9 Å². The van der Waals surface area contributed by atoms with E-state index in [2.05, 4.69) is 5.32 Å². The number of carbonyl (C=O) groups is 1. The molecule has 0 aliphatic heterocycles. The molecule has 36 heavy (non-hydrogen) atoms. The molecule has 0 atom stereocenters. The van der Waals surface area contributed by atoms with E-state index in [1.807, 2.05) is 20.8 Å². The second-order valence-corrected chi connectivity index (χ2v) is 9.33. The lowest BCUT2D eigenvalue weighted by Gasteiger charge is -2.19. The highest BCUT2D eigenvalue weighted by Crippen LogP contribution is 2.35. The molecule has 0 aliphatic rings. The molecule has 0 unspecified atom stereocenters. The summed E-state index contributed by atoms with van der Waals surface area (Å²) in [6, 6.07) is 10.5. The number of carbonyl (C=O) groups excluding carboxylic acids is 1. The molecule has 190 valence electrons. The van der Waals surface area contributed by atoms with Crippen LogP contribution < -0.4 is 10.1 Å². The molecule has 0 aromatic heterocycles. The number of hydrogen-bond acceptors (Lipinski definition) is 4. The van der Waals surface area contributed by atoms with Crippen molar-refractivity contribution in [3.05, 3.63) is 97.8 Å². The fourth-order valence-electron chi connectivity index (χ4n) is 3.30. The third-order valence-electron chi connectivity index (χ3n) is 5.26. The fraction of sp³-hybridized carbons (Fsp3) is 0.240. The standard InChI is InChI=1S/C25H21ClF4N2O4/c1-24(2,3)16-6-9-20(21(11-16)32(34)35)31-23(33)14-5-8-19(26)22(10-14)36-13-15-4-7-17(27)12-18(15)25(28,29)30/h4-12H,13H2,1-3H3,(H,31,33). The molecule has 0 bridgehead atoms. The fourth-order valence-corrected chi connectivity index (χ4v) is 3.47. The Morgan fingerprint density at radius 1 is 1.06 bits per heavy atom. The summed E-state index contributed by atoms with van der Waals surface area (Å²) >= 11 is 6.08. The Morgan fingerprint density at radius 3 is 2.36 bits per heavy atom. The predicted molar refractivity (Wildman–Crippen MR) is 127 cm³/mol. The minimum absolute atomic E-state index is 0.00116. The molecule has 0 saturated heterocycles. The summed E-state index contributed by atoms with van der Waals surface area (Å²) in [6.45, 7) is 5.08. The Bertz CT molecular complexity index is 1320. The van der Waals surface area contributed by atoms with Crippen molar-refractivity contribution in [3.8, 4) is 5.75 Å². The highest BCUT2D eigenvalue weighted by Gasteiger charge is 2.34. The van der Waals surface area contributed by atoms with Gasteiger partial charge in [-0.2, -0.15) is 13.2 Å². The average Bonchev–Trinajstić information content (AvgIpc) is 2.77. The Kier molecular flexibility index (Phi) is 7.59. The summed E-state index contributed by atoms with van der Waals surface area (Å²) in [5.74, 6) is -1.87. The smallest absolute Gasteiger partial charge is 0.416 e. The Morgan fingerprint density at radius 2 is 1.75 bits per heavy atom. The van der Waals surface area contributed by atoms with Gasteiger partial charge in [0, 0.05) is 17.2 Å². The second kappa shape index (κ2) is 10.1. The lowest BCUT2D eigenvalue weighted by molar-refractivity contribution is -0.384. The Balaban J connectivity index is 1.84. The van der Waals surface area contributed by atoms with Crippen LogP contribution >= 0.6 is 11.6 Å². The molecule has 1 N–H and O–H groups in total. The summed E-state index contributed by atoms with van der Waals surface area (Å²) in [6.07, 6.45) is -4.80. The molecular formula is C25H21ClF4N2O4. The number of nitro benzene ring substituents is 1. The van der Waals surface area contributed by atoms with E-state index in [4.69, 9.17) is 16.3 Å². The average molecular weight is 525 g/mol. The third-order valence-corrected chi connectivity index (χ3v) is 5.57. The van der Waals surface area contributed by atoms with Crippen LogP contribution in [0.1, 0.15) is 47.8 Å². The van der Waals surface area contributed by atoms with Gasteiger partial charge in [-0.15, -0.1) is 0 Å². The Hall–Kier alpha value is -3.66. The van der Waals surface area contributed by atoms with Crippen molar-refractivity contribution in [2.45, 2.75) is 39.0 Å². The van der Waals surface area contributed by atoms with Gasteiger partial charge in [0.15, 0.2) is 0 Å². The van der Waals surface area contributed by atoms with Crippen LogP contribution in [0.15, 0.2) is 54.6 Å². The first-order valence-electron chi connectivity index (χ1n) is 10.5. The topological polar surface area (TPSA) is 81.5 Å². The number of alkyl halides is 3. The van der Waals surface area contributed by atoms with Crippen LogP contribution in [-0.4, -0.2) is 10.8 Å². The summed E-state index contributed by atoms with van der Waals surface area (Å²) in [7, 11) is 0. The normalized spacial score (nSPS) is 11.8. The van der Waals surface area contributed by atoms with Gasteiger partial charge < -0.3 is 10.1 Å². The zero-order valence-corrected chi connectivity index (χ0v) is 20.1. The van der Waals surface area contributed by atoms with E-state index < -0.39 is 35.0 Å². The molecule has 6 nitrogen and oxygen atoms in total. The molecule has 0 fully saturated rings. The first kappa shape index (κ1) is 26.9.